The van der Waals surface area contributed by atoms with Crippen molar-refractivity contribution in [2.75, 3.05) is 39.3 Å². The Kier molecular flexibility index (Phi) is 5.45. The number of thiazole rings is 1. The number of aromatic nitrogens is 1. The van der Waals surface area contributed by atoms with Gasteiger partial charge in [0, 0.05) is 16.5 Å². The van der Waals surface area contributed by atoms with E-state index in [2.05, 4.69) is 4.98 Å². The standard InChI is InChI=1S/C20H23N3O4S/c1-13-12-28-19(21-13)15-10-14-2-3-17(25)16(18(14)27-20(15)26)11-23-6-4-22(5-7-23)8-9-24/h2-3,10,12,24-25H,4-9,11H2,1H3/p+2. The highest BCUT2D eigenvalue weighted by atomic mass is 32.1. The van der Waals surface area contributed by atoms with Crippen LogP contribution in [0.5, 0.6) is 5.75 Å². The fraction of sp³-hybridized carbons (Fsp3) is 0.400. The number of hydrogen-bond donors (Lipinski definition) is 4. The van der Waals surface area contributed by atoms with Crippen LogP contribution in [0.4, 0.5) is 0 Å². The zero-order valence-corrected chi connectivity index (χ0v) is 16.6. The van der Waals surface area contributed by atoms with E-state index in [-0.39, 0.29) is 12.4 Å². The molecule has 0 bridgehead atoms. The first-order valence-electron chi connectivity index (χ1n) is 9.54. The van der Waals surface area contributed by atoms with Crippen LogP contribution in [0, 0.1) is 6.92 Å². The molecule has 0 saturated carbocycles. The van der Waals surface area contributed by atoms with Crippen molar-refractivity contribution < 1.29 is 24.4 Å². The van der Waals surface area contributed by atoms with Crippen molar-refractivity contribution >= 4 is 22.3 Å². The minimum Gasteiger partial charge on any atom is -0.507 e. The number of nitrogens with zero attached hydrogens (tertiary/aromatic N) is 1. The van der Waals surface area contributed by atoms with Crippen molar-refractivity contribution in [3.8, 4) is 16.3 Å². The highest BCUT2D eigenvalue weighted by Gasteiger charge is 2.25. The van der Waals surface area contributed by atoms with Crippen LogP contribution in [0.2, 0.25) is 0 Å². The topological polar surface area (TPSA) is 92.4 Å². The highest BCUT2D eigenvalue weighted by Crippen LogP contribution is 2.29. The number of benzene rings is 1. The average Bonchev–Trinajstić information content (AvgIpc) is 3.11. The summed E-state index contributed by atoms with van der Waals surface area (Å²) in [6, 6.07) is 5.25. The van der Waals surface area contributed by atoms with E-state index >= 15 is 0 Å². The quantitative estimate of drug-likeness (QED) is 0.419. The Morgan fingerprint density at radius 2 is 1.96 bits per heavy atom. The van der Waals surface area contributed by atoms with Gasteiger partial charge in [-0.1, -0.05) is 0 Å². The van der Waals surface area contributed by atoms with E-state index in [1.165, 1.54) is 21.1 Å². The Bertz CT molecular complexity index is 1040. The predicted octanol–water partition coefficient (Wildman–Crippen LogP) is -0.794. The smallest absolute Gasteiger partial charge is 0.346 e. The summed E-state index contributed by atoms with van der Waals surface area (Å²) in [5, 5.41) is 22.9. The summed E-state index contributed by atoms with van der Waals surface area (Å²) in [5.74, 6) is 0.158. The molecule has 4 rings (SSSR count). The predicted molar refractivity (Wildman–Crippen MR) is 107 cm³/mol. The third-order valence-electron chi connectivity index (χ3n) is 5.39. The number of aromatic hydroxyl groups is 1. The van der Waals surface area contributed by atoms with Crippen LogP contribution in [0.25, 0.3) is 21.5 Å². The molecule has 1 aromatic carbocycles. The van der Waals surface area contributed by atoms with Gasteiger partial charge in [0.25, 0.3) is 0 Å². The molecule has 0 radical (unpaired) electrons. The van der Waals surface area contributed by atoms with Crippen LogP contribution in [-0.4, -0.2) is 54.5 Å². The summed E-state index contributed by atoms with van der Waals surface area (Å²) in [6.45, 7) is 7.36. The summed E-state index contributed by atoms with van der Waals surface area (Å²) in [5.41, 5.74) is 2.03. The maximum Gasteiger partial charge on any atom is 0.346 e. The van der Waals surface area contributed by atoms with E-state index in [1.54, 1.807) is 18.2 Å². The van der Waals surface area contributed by atoms with E-state index in [1.807, 2.05) is 12.3 Å². The third-order valence-corrected chi connectivity index (χ3v) is 6.38. The number of aliphatic hydroxyl groups excluding tert-OH is 1. The van der Waals surface area contributed by atoms with Gasteiger partial charge in [-0.2, -0.15) is 0 Å². The molecule has 0 unspecified atom stereocenters. The lowest BCUT2D eigenvalue weighted by atomic mass is 10.1. The van der Waals surface area contributed by atoms with Gasteiger partial charge in [-0.05, 0) is 25.1 Å². The molecular weight excluding hydrogens is 378 g/mol. The minimum atomic E-state index is -0.430. The molecule has 2 aromatic heterocycles. The molecule has 28 heavy (non-hydrogen) atoms. The Morgan fingerprint density at radius 3 is 2.64 bits per heavy atom. The number of nitrogens with one attached hydrogen (secondary N) is 2. The van der Waals surface area contributed by atoms with Crippen LogP contribution in [-0.2, 0) is 6.54 Å². The monoisotopic (exact) mass is 403 g/mol. The number of phenolic OH excluding ortho intramolecular Hbond substituents is 1. The second kappa shape index (κ2) is 8.00. The van der Waals surface area contributed by atoms with Gasteiger partial charge in [-0.25, -0.2) is 9.78 Å². The van der Waals surface area contributed by atoms with Crippen LogP contribution >= 0.6 is 11.3 Å². The van der Waals surface area contributed by atoms with Crippen molar-refractivity contribution in [3.63, 3.8) is 0 Å². The first-order chi connectivity index (χ1) is 13.5. The van der Waals surface area contributed by atoms with Gasteiger partial charge in [0.1, 0.15) is 50.0 Å². The Balaban J connectivity index is 1.64. The Labute approximate surface area is 166 Å². The molecule has 7 nitrogen and oxygen atoms in total. The summed E-state index contributed by atoms with van der Waals surface area (Å²) in [6.07, 6.45) is 0. The highest BCUT2D eigenvalue weighted by molar-refractivity contribution is 7.13. The van der Waals surface area contributed by atoms with E-state index < -0.39 is 5.63 Å². The maximum atomic E-state index is 12.6. The molecule has 1 aliphatic rings. The summed E-state index contributed by atoms with van der Waals surface area (Å²) >= 11 is 1.42. The molecule has 0 atom stereocenters. The number of phenols is 1. The molecule has 3 heterocycles. The molecule has 1 fully saturated rings. The largest absolute Gasteiger partial charge is 0.507 e. The number of fused-ring (bicyclic) bond motifs is 1. The van der Waals surface area contributed by atoms with Crippen molar-refractivity contribution in [2.24, 2.45) is 0 Å². The van der Waals surface area contributed by atoms with Gasteiger partial charge in [0.2, 0.25) is 0 Å². The van der Waals surface area contributed by atoms with Crippen LogP contribution < -0.4 is 15.4 Å². The second-order valence-corrected chi connectivity index (χ2v) is 8.23. The minimum absolute atomic E-state index is 0.158. The summed E-state index contributed by atoms with van der Waals surface area (Å²) in [7, 11) is 0. The molecule has 1 aliphatic heterocycles. The number of rotatable bonds is 5. The molecule has 0 aliphatic carbocycles. The molecule has 3 aromatic rings. The fourth-order valence-electron chi connectivity index (χ4n) is 3.82. The summed E-state index contributed by atoms with van der Waals surface area (Å²) < 4.78 is 5.67. The normalized spacial score (nSPS) is 19.9. The number of aryl methyl sites for hydroxylation is 1. The van der Waals surface area contributed by atoms with Gasteiger partial charge in [-0.15, -0.1) is 11.3 Å². The lowest BCUT2D eigenvalue weighted by Crippen LogP contribution is -3.27. The van der Waals surface area contributed by atoms with Gasteiger partial charge < -0.3 is 24.4 Å². The van der Waals surface area contributed by atoms with Crippen molar-refractivity contribution in [1.29, 1.82) is 0 Å². The van der Waals surface area contributed by atoms with Crippen LogP contribution in [0.15, 0.2) is 32.8 Å². The van der Waals surface area contributed by atoms with E-state index in [9.17, 15) is 9.90 Å². The SMILES string of the molecule is Cc1csc(-c2cc3ccc(O)c(C[NH+]4CC[NH+](CCO)CC4)c3oc2=O)n1. The first kappa shape index (κ1) is 19.1. The van der Waals surface area contributed by atoms with E-state index in [4.69, 9.17) is 9.52 Å². The molecular formula is C20H25N3O4S+2. The number of piperazine rings is 1. The molecule has 4 N–H and O–H groups in total. The lowest BCUT2D eigenvalue weighted by Gasteiger charge is -2.29. The number of aliphatic hydroxyl groups is 1. The third kappa shape index (κ3) is 3.81. The fourth-order valence-corrected chi connectivity index (χ4v) is 4.62. The van der Waals surface area contributed by atoms with Crippen molar-refractivity contribution in [2.45, 2.75) is 13.5 Å². The molecule has 148 valence electrons. The zero-order chi connectivity index (χ0) is 19.7. The van der Waals surface area contributed by atoms with Crippen molar-refractivity contribution in [3.05, 3.63) is 45.3 Å². The maximum absolute atomic E-state index is 12.6. The first-order valence-corrected chi connectivity index (χ1v) is 10.4. The number of hydrogen-bond acceptors (Lipinski definition) is 6. The second-order valence-electron chi connectivity index (χ2n) is 7.37. The van der Waals surface area contributed by atoms with Gasteiger partial charge >= 0.3 is 5.63 Å². The Hall–Kier alpha value is -2.26. The molecule has 8 heteroatoms. The van der Waals surface area contributed by atoms with E-state index in [0.29, 0.717) is 28.3 Å². The van der Waals surface area contributed by atoms with Gasteiger partial charge in [0.05, 0.1) is 17.7 Å². The number of quaternary nitrogens is 2. The average molecular weight is 404 g/mol. The zero-order valence-electron chi connectivity index (χ0n) is 15.8. The summed E-state index contributed by atoms with van der Waals surface area (Å²) in [4.78, 5) is 19.7. The van der Waals surface area contributed by atoms with Crippen LogP contribution in [0.1, 0.15) is 11.3 Å². The lowest BCUT2D eigenvalue weighted by molar-refractivity contribution is -1.02. The van der Waals surface area contributed by atoms with Crippen molar-refractivity contribution in [1.82, 2.24) is 4.98 Å². The van der Waals surface area contributed by atoms with Gasteiger partial charge in [0.15, 0.2) is 5.58 Å². The molecule has 1 saturated heterocycles. The molecule has 0 amide bonds. The van der Waals surface area contributed by atoms with Crippen LogP contribution in [0.3, 0.4) is 0 Å². The Morgan fingerprint density at radius 1 is 1.21 bits per heavy atom. The van der Waals surface area contributed by atoms with Gasteiger partial charge in [-0.3, -0.25) is 0 Å². The van der Waals surface area contributed by atoms with E-state index in [0.717, 1.165) is 43.8 Å². The molecule has 0 spiro atoms.